The van der Waals surface area contributed by atoms with Gasteiger partial charge in [-0.25, -0.2) is 4.79 Å². The average Bonchev–Trinajstić information content (AvgIpc) is 3.24. The quantitative estimate of drug-likeness (QED) is 0.426. The van der Waals surface area contributed by atoms with E-state index in [-0.39, 0.29) is 6.09 Å². The molecule has 0 radical (unpaired) electrons. The molecule has 0 unspecified atom stereocenters. The van der Waals surface area contributed by atoms with Crippen molar-refractivity contribution < 1.29 is 14.3 Å². The summed E-state index contributed by atoms with van der Waals surface area (Å²) >= 11 is 0. The molecule has 1 aliphatic rings. The molecule has 1 saturated heterocycles. The number of rotatable bonds is 7. The number of hydrogen-bond acceptors (Lipinski definition) is 4. The smallest absolute Gasteiger partial charge is 0.407 e. The number of H-pyrrole nitrogens is 1. The van der Waals surface area contributed by atoms with E-state index in [1.54, 1.807) is 7.11 Å². The summed E-state index contributed by atoms with van der Waals surface area (Å²) in [5.74, 6) is 1.47. The molecule has 0 spiro atoms. The zero-order valence-corrected chi connectivity index (χ0v) is 20.8. The number of piperidine rings is 1. The van der Waals surface area contributed by atoms with Gasteiger partial charge in [0, 0.05) is 23.0 Å². The maximum absolute atomic E-state index is 11.8. The number of hydrogen-bond donors (Lipinski definition) is 2. The van der Waals surface area contributed by atoms with E-state index in [0.29, 0.717) is 12.5 Å². The van der Waals surface area contributed by atoms with Crippen LogP contribution in [-0.2, 0) is 4.74 Å². The second kappa shape index (κ2) is 10.5. The highest BCUT2D eigenvalue weighted by molar-refractivity contribution is 5.87. The number of aromatic amines is 1. The van der Waals surface area contributed by atoms with Crippen LogP contribution in [0.3, 0.4) is 0 Å². The Labute approximate surface area is 202 Å². The zero-order valence-electron chi connectivity index (χ0n) is 20.8. The van der Waals surface area contributed by atoms with E-state index in [1.165, 1.54) is 10.9 Å². The number of para-hydroxylation sites is 1. The Morgan fingerprint density at radius 2 is 1.88 bits per heavy atom. The van der Waals surface area contributed by atoms with Crippen LogP contribution in [0.4, 0.5) is 4.79 Å². The minimum atomic E-state index is -0.453. The standard InChI is InChI=1S/C28H37N3O3/c1-28(2,3)34-27(32)29-14-7-15-31-16-12-20(13-17-31)21-10-11-24-22(18-21)19-25(30-24)23-8-5-6-9-26(23)33-4/h5-6,8-11,18-20,30H,7,12-17H2,1-4H3,(H,29,32). The minimum absolute atomic E-state index is 0.333. The van der Waals surface area contributed by atoms with Crippen LogP contribution in [0, 0.1) is 0 Å². The second-order valence-electron chi connectivity index (χ2n) is 10.1. The first-order valence-corrected chi connectivity index (χ1v) is 12.3. The Bertz CT molecular complexity index is 1110. The third kappa shape index (κ3) is 6.11. The van der Waals surface area contributed by atoms with Crippen molar-refractivity contribution in [2.75, 3.05) is 33.3 Å². The minimum Gasteiger partial charge on any atom is -0.496 e. The van der Waals surface area contributed by atoms with Crippen LogP contribution in [0.5, 0.6) is 5.75 Å². The molecular formula is C28H37N3O3. The summed E-state index contributed by atoms with van der Waals surface area (Å²) in [6.07, 6.45) is 2.93. The van der Waals surface area contributed by atoms with Crippen molar-refractivity contribution in [1.82, 2.24) is 15.2 Å². The third-order valence-electron chi connectivity index (χ3n) is 6.42. The summed E-state index contributed by atoms with van der Waals surface area (Å²) in [4.78, 5) is 17.8. The van der Waals surface area contributed by atoms with Crippen molar-refractivity contribution in [1.29, 1.82) is 0 Å². The first-order valence-electron chi connectivity index (χ1n) is 12.3. The van der Waals surface area contributed by atoms with Crippen LogP contribution in [0.1, 0.15) is 51.5 Å². The van der Waals surface area contributed by atoms with Gasteiger partial charge in [0.2, 0.25) is 0 Å². The first kappa shape index (κ1) is 24.1. The molecule has 2 heterocycles. The number of ether oxygens (including phenoxy) is 2. The van der Waals surface area contributed by atoms with Crippen molar-refractivity contribution in [3.8, 4) is 17.0 Å². The Balaban J connectivity index is 1.29. The summed E-state index contributed by atoms with van der Waals surface area (Å²) in [5.41, 5.74) is 4.28. The SMILES string of the molecule is COc1ccccc1-c1cc2cc(C3CCN(CCCNC(=O)OC(C)(C)C)CC3)ccc2[nH]1. The van der Waals surface area contributed by atoms with E-state index in [1.807, 2.05) is 39.0 Å². The fraction of sp³-hybridized carbons (Fsp3) is 0.464. The number of carbonyl (C=O) groups excluding carboxylic acids is 1. The van der Waals surface area contributed by atoms with Crippen molar-refractivity contribution in [2.45, 2.75) is 51.6 Å². The molecule has 6 nitrogen and oxygen atoms in total. The predicted octanol–water partition coefficient (Wildman–Crippen LogP) is 5.94. The zero-order chi connectivity index (χ0) is 24.1. The monoisotopic (exact) mass is 463 g/mol. The molecule has 6 heteroatoms. The van der Waals surface area contributed by atoms with Crippen LogP contribution < -0.4 is 10.1 Å². The average molecular weight is 464 g/mol. The lowest BCUT2D eigenvalue weighted by molar-refractivity contribution is 0.0525. The number of amides is 1. The van der Waals surface area contributed by atoms with Gasteiger partial charge in [-0.3, -0.25) is 0 Å². The van der Waals surface area contributed by atoms with E-state index in [0.717, 1.165) is 61.4 Å². The van der Waals surface area contributed by atoms with Crippen LogP contribution in [0.25, 0.3) is 22.2 Å². The van der Waals surface area contributed by atoms with Crippen molar-refractivity contribution in [3.63, 3.8) is 0 Å². The van der Waals surface area contributed by atoms with E-state index in [9.17, 15) is 4.79 Å². The molecule has 2 aromatic carbocycles. The van der Waals surface area contributed by atoms with Crippen molar-refractivity contribution >= 4 is 17.0 Å². The molecule has 1 aliphatic heterocycles. The molecule has 34 heavy (non-hydrogen) atoms. The Hall–Kier alpha value is -2.99. The number of benzene rings is 2. The number of aromatic nitrogens is 1. The van der Waals surface area contributed by atoms with E-state index in [2.05, 4.69) is 45.5 Å². The third-order valence-corrected chi connectivity index (χ3v) is 6.42. The lowest BCUT2D eigenvalue weighted by Gasteiger charge is -2.32. The molecule has 0 bridgehead atoms. The molecule has 182 valence electrons. The van der Waals surface area contributed by atoms with Gasteiger partial charge >= 0.3 is 6.09 Å². The van der Waals surface area contributed by atoms with Gasteiger partial charge in [-0.1, -0.05) is 18.2 Å². The number of likely N-dealkylation sites (tertiary alicyclic amines) is 1. The summed E-state index contributed by atoms with van der Waals surface area (Å²) < 4.78 is 10.8. The number of nitrogens with zero attached hydrogens (tertiary/aromatic N) is 1. The largest absolute Gasteiger partial charge is 0.496 e. The topological polar surface area (TPSA) is 66.6 Å². The highest BCUT2D eigenvalue weighted by atomic mass is 16.6. The van der Waals surface area contributed by atoms with Gasteiger partial charge in [0.1, 0.15) is 11.4 Å². The maximum atomic E-state index is 11.8. The van der Waals surface area contributed by atoms with Crippen LogP contribution in [0.2, 0.25) is 0 Å². The highest BCUT2D eigenvalue weighted by Crippen LogP contribution is 2.34. The van der Waals surface area contributed by atoms with Crippen LogP contribution >= 0.6 is 0 Å². The predicted molar refractivity (Wildman–Crippen MR) is 138 cm³/mol. The summed E-state index contributed by atoms with van der Waals surface area (Å²) in [6, 6.07) is 17.2. The molecule has 1 fully saturated rings. The lowest BCUT2D eigenvalue weighted by Crippen LogP contribution is -2.37. The van der Waals surface area contributed by atoms with Crippen LogP contribution in [-0.4, -0.2) is 54.9 Å². The van der Waals surface area contributed by atoms with Gasteiger partial charge in [0.25, 0.3) is 0 Å². The number of methoxy groups -OCH3 is 1. The van der Waals surface area contributed by atoms with E-state index < -0.39 is 5.60 Å². The van der Waals surface area contributed by atoms with Crippen LogP contribution in [0.15, 0.2) is 48.5 Å². The maximum Gasteiger partial charge on any atom is 0.407 e. The molecule has 0 atom stereocenters. The van der Waals surface area contributed by atoms with Gasteiger partial charge < -0.3 is 24.7 Å². The van der Waals surface area contributed by atoms with Crippen molar-refractivity contribution in [2.24, 2.45) is 0 Å². The molecule has 1 amide bonds. The Morgan fingerprint density at radius 1 is 1.12 bits per heavy atom. The summed E-state index contributed by atoms with van der Waals surface area (Å²) in [5, 5.41) is 4.10. The fourth-order valence-electron chi connectivity index (χ4n) is 4.71. The van der Waals surface area contributed by atoms with Gasteiger partial charge in [0.15, 0.2) is 0 Å². The normalized spacial score (nSPS) is 15.4. The Kier molecular flexibility index (Phi) is 7.47. The number of nitrogens with one attached hydrogen (secondary N) is 2. The van der Waals surface area contributed by atoms with Gasteiger partial charge in [-0.2, -0.15) is 0 Å². The molecule has 4 rings (SSSR count). The first-order chi connectivity index (χ1) is 16.3. The molecule has 2 N–H and O–H groups in total. The number of fused-ring (bicyclic) bond motifs is 1. The highest BCUT2D eigenvalue weighted by Gasteiger charge is 2.21. The number of alkyl carbamates (subject to hydrolysis) is 1. The number of carbonyl (C=O) groups is 1. The molecular weight excluding hydrogens is 426 g/mol. The molecule has 0 aliphatic carbocycles. The molecule has 3 aromatic rings. The fourth-order valence-corrected chi connectivity index (χ4v) is 4.71. The van der Waals surface area contributed by atoms with Gasteiger partial charge in [-0.15, -0.1) is 0 Å². The van der Waals surface area contributed by atoms with Gasteiger partial charge in [0.05, 0.1) is 12.8 Å². The second-order valence-corrected chi connectivity index (χ2v) is 10.1. The molecule has 0 saturated carbocycles. The Morgan fingerprint density at radius 3 is 2.62 bits per heavy atom. The van der Waals surface area contributed by atoms with E-state index >= 15 is 0 Å². The lowest BCUT2D eigenvalue weighted by atomic mass is 9.89. The molecule has 1 aromatic heterocycles. The van der Waals surface area contributed by atoms with Gasteiger partial charge in [-0.05, 0) is 101 Å². The van der Waals surface area contributed by atoms with Crippen molar-refractivity contribution in [3.05, 3.63) is 54.1 Å². The summed E-state index contributed by atoms with van der Waals surface area (Å²) in [6.45, 7) is 9.47. The van der Waals surface area contributed by atoms with E-state index in [4.69, 9.17) is 9.47 Å². The summed E-state index contributed by atoms with van der Waals surface area (Å²) in [7, 11) is 1.71.